The summed E-state index contributed by atoms with van der Waals surface area (Å²) >= 11 is 0. The van der Waals surface area contributed by atoms with Crippen LogP contribution in [0.15, 0.2) is 127 Å². The van der Waals surface area contributed by atoms with Gasteiger partial charge >= 0.3 is 36.2 Å². The third-order valence-corrected chi connectivity index (χ3v) is 24.3. The van der Waals surface area contributed by atoms with Crippen molar-refractivity contribution < 1.29 is 111 Å². The van der Waals surface area contributed by atoms with E-state index in [0.717, 1.165) is 151 Å². The number of methoxy groups -OCH3 is 6. The molecule has 1 aliphatic carbocycles. The number of rotatable bonds is 26. The summed E-state index contributed by atoms with van der Waals surface area (Å²) in [6.07, 6.45) is -0.407. The fourth-order valence-electron chi connectivity index (χ4n) is 16.4. The van der Waals surface area contributed by atoms with Gasteiger partial charge in [0.05, 0.1) is 110 Å². The van der Waals surface area contributed by atoms with Crippen molar-refractivity contribution in [3.63, 3.8) is 0 Å². The molecule has 7 aliphatic rings. The van der Waals surface area contributed by atoms with Crippen molar-refractivity contribution in [2.24, 2.45) is 5.92 Å². The Morgan fingerprint density at radius 3 is 1.10 bits per heavy atom. The molecule has 24 nitrogen and oxygen atoms in total. The molecule has 7 fully saturated rings. The molecule has 0 spiro atoms. The van der Waals surface area contributed by atoms with Crippen LogP contribution in [0.5, 0.6) is 17.2 Å². The Morgan fingerprint density at radius 2 is 0.762 bits per heavy atom. The second-order valence-electron chi connectivity index (χ2n) is 32.5. The number of aromatic nitrogens is 3. The lowest BCUT2D eigenvalue weighted by Gasteiger charge is -2.33. The average Bonchev–Trinajstić information content (AvgIpc) is 1.52. The highest BCUT2D eigenvalue weighted by atomic mass is 19.2. The molecule has 6 aliphatic heterocycles. The van der Waals surface area contributed by atoms with E-state index in [1.54, 1.807) is 42.1 Å². The number of nitrogens with zero attached hydrogens (tertiary/aromatic N) is 9. The zero-order valence-electron chi connectivity index (χ0n) is 71.1. The van der Waals surface area contributed by atoms with E-state index in [1.165, 1.54) is 36.0 Å². The van der Waals surface area contributed by atoms with E-state index in [0.29, 0.717) is 58.3 Å². The van der Waals surface area contributed by atoms with Gasteiger partial charge in [-0.25, -0.2) is 68.8 Å². The van der Waals surface area contributed by atoms with Gasteiger partial charge in [-0.2, -0.15) is 0 Å². The molecule has 0 bridgehead atoms. The van der Waals surface area contributed by atoms with E-state index in [-0.39, 0.29) is 78.9 Å². The number of carbonyl (C=O) groups is 6. The normalized spacial score (nSPS) is 19.9. The molecule has 6 saturated heterocycles. The van der Waals surface area contributed by atoms with Crippen molar-refractivity contribution in [2.45, 2.75) is 147 Å². The number of hydrogen-bond acceptors (Lipinski definition) is 21. The Bertz CT molecular complexity index is 5610. The number of carbonyl (C=O) groups excluding carboxylic acids is 6. The summed E-state index contributed by atoms with van der Waals surface area (Å²) in [4.78, 5) is 101. The molecular formula is C93H94F9N9O15. The summed E-state index contributed by atoms with van der Waals surface area (Å²) in [5.41, 5.74) is 8.30. The number of cyclic esters (lactones) is 3. The fraction of sp³-hybridized carbons (Fsp3) is 0.387. The summed E-state index contributed by atoms with van der Waals surface area (Å²) in [6.45, 7) is 14.3. The molecule has 8 atom stereocenters. The topological polar surface area (TPSA) is 244 Å². The lowest BCUT2D eigenvalue weighted by Crippen LogP contribution is -2.38. The zero-order chi connectivity index (χ0) is 90.0. The number of hydrogen-bond donors (Lipinski definition) is 0. The number of esters is 3. The summed E-state index contributed by atoms with van der Waals surface area (Å²) < 4.78 is 173. The molecule has 0 N–H and O–H groups in total. The van der Waals surface area contributed by atoms with Crippen molar-refractivity contribution in [1.82, 2.24) is 29.7 Å². The quantitative estimate of drug-likeness (QED) is 0.0212. The van der Waals surface area contributed by atoms with Gasteiger partial charge in [-0.15, -0.1) is 0 Å². The Hall–Kier alpha value is -12.8. The molecule has 9 aromatic rings. The van der Waals surface area contributed by atoms with Crippen LogP contribution in [0, 0.1) is 58.3 Å². The minimum absolute atomic E-state index is 0.0180. The molecular weight excluding hydrogens is 1650 g/mol. The lowest BCUT2D eigenvalue weighted by atomic mass is 9.80. The first-order valence-electron chi connectivity index (χ1n) is 41.2. The molecule has 1 saturated carbocycles. The first-order valence-corrected chi connectivity index (χ1v) is 41.2. The molecule has 3 amide bonds. The van der Waals surface area contributed by atoms with Gasteiger partial charge in [0.25, 0.3) is 0 Å². The molecule has 16 rings (SSSR count). The Morgan fingerprint density at radius 1 is 0.413 bits per heavy atom. The molecule has 0 radical (unpaired) electrons. The van der Waals surface area contributed by atoms with Crippen LogP contribution in [0.4, 0.5) is 71.4 Å². The van der Waals surface area contributed by atoms with E-state index in [4.69, 9.17) is 57.6 Å². The van der Waals surface area contributed by atoms with E-state index < -0.39 is 112 Å². The fourth-order valence-corrected chi connectivity index (χ4v) is 16.4. The van der Waals surface area contributed by atoms with Crippen molar-refractivity contribution in [3.05, 3.63) is 230 Å². The largest absolute Gasteiger partial charge is 0.496 e. The number of halogens is 9. The van der Waals surface area contributed by atoms with Gasteiger partial charge in [0.1, 0.15) is 53.0 Å². The first-order chi connectivity index (χ1) is 60.3. The van der Waals surface area contributed by atoms with E-state index in [9.17, 15) is 68.3 Å². The second-order valence-corrected chi connectivity index (χ2v) is 32.5. The van der Waals surface area contributed by atoms with Crippen LogP contribution in [0.3, 0.4) is 0 Å². The van der Waals surface area contributed by atoms with Gasteiger partial charge in [-0.1, -0.05) is 32.0 Å². The number of amides is 3. The molecule has 126 heavy (non-hydrogen) atoms. The summed E-state index contributed by atoms with van der Waals surface area (Å²) in [6, 6.07) is 31.8. The highest BCUT2D eigenvalue weighted by Crippen LogP contribution is 2.51. The maximum atomic E-state index is 14.0. The minimum Gasteiger partial charge on any atom is -0.496 e. The Kier molecular flexibility index (Phi) is 26.6. The molecule has 6 aromatic carbocycles. The standard InChI is InChI=1S/C32H34F3N3O5.C31H30F3N3O5.C30H30F3N3O5/c1-18-30(19-13-23(33)29(35)24(34)14-19)43-31(40)38(18)17-25-21(8-10-27(36-25)37-11-6-12-37)22-15-20(7-9-26(22)41-4)32(2,3)16-28(39)42-5;1-16-29(18-12-23(32)28(34)24(33)13-18)42-31(39)37(16)15-25-19(6-8-27(35-25)36-9-4-10-36)21-11-17(5-7-26(21)40-2)20-14-22(20)30(38)41-3;1-17-29(19-14-22(31)28(33)23(32)15-19)41-30(38)36(17)16-24-20(7-9-26(34-24)35-11-4-12-35)21-13-18(5-8-25(21)39-2)6-10-27(37)40-3/h7-10,13-15,18,30H,6,11-12,16-17H2,1-5H3;5-8,11-13,16,20,22,29H,4,9-10,14-15H2,1-3H3;5,7-9,13-15,17,29H,4,6,10-12,16H2,1-3H3/t18-,30-;16-,20-,22+,29-;17-,29-/m000/s1. The summed E-state index contributed by atoms with van der Waals surface area (Å²) in [5, 5.41) is 0. The zero-order valence-corrected chi connectivity index (χ0v) is 71.1. The maximum Gasteiger partial charge on any atom is 0.411 e. The average molecular weight is 1750 g/mol. The van der Waals surface area contributed by atoms with Crippen molar-refractivity contribution in [3.8, 4) is 50.6 Å². The van der Waals surface area contributed by atoms with Crippen LogP contribution < -0.4 is 28.9 Å². The van der Waals surface area contributed by atoms with Gasteiger partial charge < -0.3 is 57.3 Å². The van der Waals surface area contributed by atoms with E-state index >= 15 is 0 Å². The number of benzene rings is 6. The van der Waals surface area contributed by atoms with E-state index in [1.807, 2.05) is 105 Å². The van der Waals surface area contributed by atoms with Crippen LogP contribution in [0.2, 0.25) is 0 Å². The van der Waals surface area contributed by atoms with Crippen LogP contribution >= 0.6 is 0 Å². The van der Waals surface area contributed by atoms with Gasteiger partial charge in [0, 0.05) is 101 Å². The van der Waals surface area contributed by atoms with Crippen molar-refractivity contribution in [1.29, 1.82) is 0 Å². The lowest BCUT2D eigenvalue weighted by molar-refractivity contribution is -0.143. The molecule has 9 heterocycles. The molecule has 664 valence electrons. The van der Waals surface area contributed by atoms with Crippen LogP contribution in [-0.2, 0) is 74.3 Å². The van der Waals surface area contributed by atoms with Gasteiger partial charge in [0.15, 0.2) is 52.4 Å². The second kappa shape index (κ2) is 37.5. The van der Waals surface area contributed by atoms with Crippen LogP contribution in [-0.4, -0.2) is 166 Å². The monoisotopic (exact) mass is 1750 g/mol. The van der Waals surface area contributed by atoms with Gasteiger partial charge in [-0.3, -0.25) is 29.1 Å². The van der Waals surface area contributed by atoms with Crippen molar-refractivity contribution >= 4 is 53.6 Å². The van der Waals surface area contributed by atoms with Crippen molar-refractivity contribution in [2.75, 3.05) is 96.6 Å². The minimum atomic E-state index is -1.58. The third kappa shape index (κ3) is 18.6. The number of aryl methyl sites for hydroxylation is 1. The van der Waals surface area contributed by atoms with Gasteiger partial charge in [-0.05, 0) is 185 Å². The molecule has 33 heteroatoms. The summed E-state index contributed by atoms with van der Waals surface area (Å²) in [7, 11) is 8.77. The Balaban J connectivity index is 0.000000153. The van der Waals surface area contributed by atoms with Crippen LogP contribution in [0.25, 0.3) is 33.4 Å². The summed E-state index contributed by atoms with van der Waals surface area (Å²) in [5.74, 6) is -9.89. The highest BCUT2D eigenvalue weighted by molar-refractivity contribution is 5.82. The maximum absolute atomic E-state index is 14.0. The van der Waals surface area contributed by atoms with Crippen LogP contribution in [0.1, 0.15) is 148 Å². The number of anilines is 3. The van der Waals surface area contributed by atoms with Gasteiger partial charge in [0.2, 0.25) is 0 Å². The Labute approximate surface area is 721 Å². The number of pyridine rings is 3. The first kappa shape index (κ1) is 89.4. The predicted molar refractivity (Wildman–Crippen MR) is 444 cm³/mol. The highest BCUT2D eigenvalue weighted by Gasteiger charge is 2.47. The molecule has 0 unspecified atom stereocenters. The number of ether oxygens (including phenoxy) is 9. The molecule has 3 aromatic heterocycles. The predicted octanol–water partition coefficient (Wildman–Crippen LogP) is 17.6. The third-order valence-electron chi connectivity index (χ3n) is 24.3. The van der Waals surface area contributed by atoms with E-state index in [2.05, 4.69) is 14.7 Å². The SMILES string of the molecule is COC(=O)CC(C)(C)c1ccc(OC)c(-c2ccc(N3CCC3)nc2CN2C(=O)O[C@H](c3cc(F)c(F)c(F)c3)[C@@H]2C)c1.COC(=O)CCc1ccc(OC)c(-c2ccc(N3CCC3)nc2CN2C(=O)O[C@H](c3cc(F)c(F)c(F)c3)[C@@H]2C)c1.COC(=O)[C@@H]1C[C@H]1c1ccc(OC)c(-c2ccc(N3CCC3)nc2CN2C(=O)O[C@H](c3cc(F)c(F)c(F)c3)[C@@H]2C)c1. The smallest absolute Gasteiger partial charge is 0.411 e.